The molecule has 0 aromatic heterocycles. The summed E-state index contributed by atoms with van der Waals surface area (Å²) in [7, 11) is 0. The van der Waals surface area contributed by atoms with Crippen LogP contribution in [0.2, 0.25) is 0 Å². The minimum absolute atomic E-state index is 0.0296. The molecule has 0 aliphatic carbocycles. The van der Waals surface area contributed by atoms with Crippen LogP contribution in [0.25, 0.3) is 0 Å². The topological polar surface area (TPSA) is 87.7 Å². The van der Waals surface area contributed by atoms with Gasteiger partial charge in [-0.3, -0.25) is 14.4 Å². The van der Waals surface area contributed by atoms with Crippen molar-refractivity contribution in [1.29, 1.82) is 0 Å². The summed E-state index contributed by atoms with van der Waals surface area (Å²) < 4.78 is 5.40. The molecule has 0 unspecified atom stereocenters. The lowest BCUT2D eigenvalue weighted by molar-refractivity contribution is -0.120. The molecule has 7 nitrogen and oxygen atoms in total. The number of hydrogen-bond donors (Lipinski definition) is 2. The molecule has 4 rings (SSSR count). The predicted molar refractivity (Wildman–Crippen MR) is 137 cm³/mol. The quantitative estimate of drug-likeness (QED) is 0.434. The van der Waals surface area contributed by atoms with Crippen molar-refractivity contribution in [2.75, 3.05) is 22.1 Å². The highest BCUT2D eigenvalue weighted by Crippen LogP contribution is 2.31. The van der Waals surface area contributed by atoms with Gasteiger partial charge in [-0.1, -0.05) is 29.3 Å². The Balaban J connectivity index is 1.46. The van der Waals surface area contributed by atoms with Crippen LogP contribution >= 0.6 is 11.6 Å². The summed E-state index contributed by atoms with van der Waals surface area (Å²) in [6.45, 7) is 6.30. The van der Waals surface area contributed by atoms with Gasteiger partial charge in [-0.15, -0.1) is 0 Å². The molecular formula is C27H24ClN3O4. The van der Waals surface area contributed by atoms with E-state index in [-0.39, 0.29) is 16.6 Å². The van der Waals surface area contributed by atoms with E-state index in [1.807, 2.05) is 39.0 Å². The monoisotopic (exact) mass is 489 g/mol. The molecule has 1 aliphatic rings. The molecular weight excluding hydrogens is 466 g/mol. The largest absolute Gasteiger partial charge is 0.494 e. The lowest BCUT2D eigenvalue weighted by Gasteiger charge is -2.15. The summed E-state index contributed by atoms with van der Waals surface area (Å²) in [5.74, 6) is -0.808. The first-order valence-corrected chi connectivity index (χ1v) is 11.4. The van der Waals surface area contributed by atoms with Crippen LogP contribution in [-0.4, -0.2) is 24.3 Å². The molecule has 3 amide bonds. The summed E-state index contributed by atoms with van der Waals surface area (Å²) >= 11 is 6.21. The lowest BCUT2D eigenvalue weighted by Crippen LogP contribution is -2.32. The number of ether oxygens (including phenoxy) is 1. The summed E-state index contributed by atoms with van der Waals surface area (Å²) in [5, 5.41) is 5.60. The van der Waals surface area contributed by atoms with E-state index < -0.39 is 11.8 Å². The van der Waals surface area contributed by atoms with Gasteiger partial charge in [0.15, 0.2) is 0 Å². The maximum atomic E-state index is 13.0. The van der Waals surface area contributed by atoms with E-state index in [4.69, 9.17) is 16.3 Å². The van der Waals surface area contributed by atoms with Crippen LogP contribution < -0.4 is 20.3 Å². The SMILES string of the molecule is CCOc1ccc(N2C(=O)C(Cl)=C(Nc3ccc(C(=O)Nc4ccc(C)cc4C)cc3)C2=O)cc1. The maximum Gasteiger partial charge on any atom is 0.283 e. The minimum Gasteiger partial charge on any atom is -0.494 e. The number of carbonyl (C=O) groups excluding carboxylic acids is 3. The molecule has 1 heterocycles. The normalized spacial score (nSPS) is 13.3. The molecule has 0 saturated heterocycles. The fraction of sp³-hybridized carbons (Fsp3) is 0.148. The van der Waals surface area contributed by atoms with Gasteiger partial charge in [0.1, 0.15) is 16.5 Å². The summed E-state index contributed by atoms with van der Waals surface area (Å²) in [6, 6.07) is 18.9. The molecule has 3 aromatic carbocycles. The Morgan fingerprint density at radius 2 is 1.63 bits per heavy atom. The van der Waals surface area contributed by atoms with Gasteiger partial charge in [0, 0.05) is 16.9 Å². The minimum atomic E-state index is -0.618. The highest BCUT2D eigenvalue weighted by atomic mass is 35.5. The maximum absolute atomic E-state index is 13.0. The second-order valence-corrected chi connectivity index (χ2v) is 8.41. The first kappa shape index (κ1) is 24.0. The van der Waals surface area contributed by atoms with Gasteiger partial charge < -0.3 is 15.4 Å². The molecule has 0 radical (unpaired) electrons. The van der Waals surface area contributed by atoms with E-state index in [0.29, 0.717) is 29.3 Å². The first-order valence-electron chi connectivity index (χ1n) is 11.1. The van der Waals surface area contributed by atoms with E-state index in [1.54, 1.807) is 48.5 Å². The van der Waals surface area contributed by atoms with Crippen molar-refractivity contribution in [3.8, 4) is 5.75 Å². The molecule has 0 spiro atoms. The number of hydrogen-bond acceptors (Lipinski definition) is 5. The zero-order valence-electron chi connectivity index (χ0n) is 19.5. The third kappa shape index (κ3) is 5.05. The predicted octanol–water partition coefficient (Wildman–Crippen LogP) is 5.39. The number of imide groups is 1. The average Bonchev–Trinajstić information content (AvgIpc) is 3.05. The molecule has 1 aliphatic heterocycles. The number of nitrogens with one attached hydrogen (secondary N) is 2. The van der Waals surface area contributed by atoms with Gasteiger partial charge in [-0.05, 0) is 80.9 Å². The van der Waals surface area contributed by atoms with Crippen LogP contribution in [0, 0.1) is 13.8 Å². The molecule has 3 aromatic rings. The third-order valence-electron chi connectivity index (χ3n) is 5.48. The number of carbonyl (C=O) groups is 3. The number of halogens is 1. The molecule has 35 heavy (non-hydrogen) atoms. The standard InChI is InChI=1S/C27H24ClN3O4/c1-4-35-21-12-10-20(11-13-21)31-26(33)23(28)24(27(31)34)29-19-8-6-18(7-9-19)25(32)30-22-14-5-16(2)15-17(22)3/h5-15,29H,4H2,1-3H3,(H,30,32). The zero-order chi connectivity index (χ0) is 25.1. The van der Waals surface area contributed by atoms with Crippen molar-refractivity contribution in [3.05, 3.63) is 94.1 Å². The van der Waals surface area contributed by atoms with Crippen LogP contribution in [0.5, 0.6) is 5.75 Å². The number of aryl methyl sites for hydroxylation is 2. The number of nitrogens with zero attached hydrogens (tertiary/aromatic N) is 1. The van der Waals surface area contributed by atoms with Crippen LogP contribution in [-0.2, 0) is 9.59 Å². The Morgan fingerprint density at radius 1 is 0.943 bits per heavy atom. The number of amides is 3. The van der Waals surface area contributed by atoms with Gasteiger partial charge >= 0.3 is 0 Å². The van der Waals surface area contributed by atoms with Crippen LogP contribution in [0.4, 0.5) is 17.1 Å². The van der Waals surface area contributed by atoms with Crippen LogP contribution in [0.1, 0.15) is 28.4 Å². The Hall–Kier alpha value is -4.10. The van der Waals surface area contributed by atoms with Crippen LogP contribution in [0.3, 0.4) is 0 Å². The van der Waals surface area contributed by atoms with Crippen LogP contribution in [0.15, 0.2) is 77.5 Å². The molecule has 0 saturated carbocycles. The van der Waals surface area contributed by atoms with Crippen molar-refractivity contribution in [2.45, 2.75) is 20.8 Å². The summed E-state index contributed by atoms with van der Waals surface area (Å²) in [4.78, 5) is 39.3. The van der Waals surface area contributed by atoms with Crippen molar-refractivity contribution in [1.82, 2.24) is 0 Å². The van der Waals surface area contributed by atoms with Crippen molar-refractivity contribution in [2.24, 2.45) is 0 Å². The van der Waals surface area contributed by atoms with E-state index in [1.165, 1.54) is 0 Å². The molecule has 0 bridgehead atoms. The average molecular weight is 490 g/mol. The van der Waals surface area contributed by atoms with Gasteiger partial charge in [-0.2, -0.15) is 0 Å². The zero-order valence-corrected chi connectivity index (χ0v) is 20.3. The van der Waals surface area contributed by atoms with Gasteiger partial charge in [0.2, 0.25) is 0 Å². The Kier molecular flexibility index (Phi) is 6.89. The van der Waals surface area contributed by atoms with Crippen molar-refractivity contribution in [3.63, 3.8) is 0 Å². The molecule has 0 atom stereocenters. The van der Waals surface area contributed by atoms with E-state index in [0.717, 1.165) is 21.7 Å². The van der Waals surface area contributed by atoms with E-state index in [2.05, 4.69) is 10.6 Å². The summed E-state index contributed by atoms with van der Waals surface area (Å²) in [5.41, 5.74) is 4.14. The lowest BCUT2D eigenvalue weighted by atomic mass is 10.1. The molecule has 2 N–H and O–H groups in total. The summed E-state index contributed by atoms with van der Waals surface area (Å²) in [6.07, 6.45) is 0. The van der Waals surface area contributed by atoms with Crippen molar-refractivity contribution < 1.29 is 19.1 Å². The molecule has 178 valence electrons. The van der Waals surface area contributed by atoms with Gasteiger partial charge in [-0.25, -0.2) is 4.90 Å². The fourth-order valence-corrected chi connectivity index (χ4v) is 3.91. The van der Waals surface area contributed by atoms with E-state index in [9.17, 15) is 14.4 Å². The first-order chi connectivity index (χ1) is 16.8. The van der Waals surface area contributed by atoms with Crippen molar-refractivity contribution >= 4 is 46.4 Å². The number of anilines is 3. The van der Waals surface area contributed by atoms with E-state index >= 15 is 0 Å². The second-order valence-electron chi connectivity index (χ2n) is 8.04. The Bertz CT molecular complexity index is 1330. The van der Waals surface area contributed by atoms with Gasteiger partial charge in [0.25, 0.3) is 17.7 Å². The Morgan fingerprint density at radius 3 is 2.26 bits per heavy atom. The highest BCUT2D eigenvalue weighted by Gasteiger charge is 2.39. The second kappa shape index (κ2) is 10.0. The Labute approximate surface area is 208 Å². The molecule has 0 fully saturated rings. The smallest absolute Gasteiger partial charge is 0.283 e. The molecule has 8 heteroatoms. The fourth-order valence-electron chi connectivity index (χ4n) is 3.70. The highest BCUT2D eigenvalue weighted by molar-refractivity contribution is 6.53. The number of benzene rings is 3. The van der Waals surface area contributed by atoms with Gasteiger partial charge in [0.05, 0.1) is 12.3 Å². The number of rotatable bonds is 7. The third-order valence-corrected chi connectivity index (χ3v) is 5.83.